The Balaban J connectivity index is 0.983. The highest BCUT2D eigenvalue weighted by atomic mass is 32.1. The fraction of sp³-hybridized carbons (Fsp3) is 0.0370. The first-order valence-corrected chi connectivity index (χ1v) is 20.8. The van der Waals surface area contributed by atoms with Crippen molar-refractivity contribution < 1.29 is 4.42 Å². The smallest absolute Gasteiger partial charge is 0.135 e. The van der Waals surface area contributed by atoms with Gasteiger partial charge in [-0.15, -0.1) is 11.3 Å². The minimum Gasteiger partial charge on any atom is -0.456 e. The highest BCUT2D eigenvalue weighted by molar-refractivity contribution is 7.17. The summed E-state index contributed by atoms with van der Waals surface area (Å²) >= 11 is 1.90. The predicted octanol–water partition coefficient (Wildman–Crippen LogP) is 13.8. The lowest BCUT2D eigenvalue weighted by molar-refractivity contribution is 0.669. The summed E-state index contributed by atoms with van der Waals surface area (Å²) in [6.45, 7) is 0. The Morgan fingerprint density at radius 2 is 1.07 bits per heavy atom. The maximum Gasteiger partial charge on any atom is 0.135 e. The molecular weight excluding hydrogens is 725 g/mol. The van der Waals surface area contributed by atoms with Gasteiger partial charge in [-0.1, -0.05) is 121 Å². The van der Waals surface area contributed by atoms with E-state index in [-0.39, 0.29) is 0 Å². The monoisotopic (exact) mass is 760 g/mol. The number of aromatic nitrogens is 1. The first-order valence-electron chi connectivity index (χ1n) is 20.0. The van der Waals surface area contributed by atoms with Gasteiger partial charge in [-0.05, 0) is 108 Å². The van der Waals surface area contributed by atoms with Gasteiger partial charge in [0, 0.05) is 64.1 Å². The van der Waals surface area contributed by atoms with Crippen LogP contribution in [-0.4, -0.2) is 4.57 Å². The molecule has 0 atom stereocenters. The molecule has 0 saturated heterocycles. The molecule has 3 aromatic heterocycles. The minimum absolute atomic E-state index is 0.916. The van der Waals surface area contributed by atoms with Crippen LogP contribution in [0, 0.1) is 0 Å². The Morgan fingerprint density at radius 3 is 1.86 bits per heavy atom. The number of fused-ring (bicyclic) bond motifs is 9. The van der Waals surface area contributed by atoms with Crippen LogP contribution in [0.1, 0.15) is 12.8 Å². The van der Waals surface area contributed by atoms with Crippen molar-refractivity contribution in [1.82, 2.24) is 4.57 Å². The zero-order chi connectivity index (χ0) is 38.2. The third-order valence-electron chi connectivity index (χ3n) is 11.9. The van der Waals surface area contributed by atoms with E-state index in [0.29, 0.717) is 0 Å². The molecule has 3 heterocycles. The molecule has 1 aliphatic rings. The van der Waals surface area contributed by atoms with Gasteiger partial charge < -0.3 is 13.9 Å². The molecule has 12 rings (SSSR count). The maximum atomic E-state index is 6.14. The van der Waals surface area contributed by atoms with E-state index < -0.39 is 0 Å². The summed E-state index contributed by atoms with van der Waals surface area (Å²) in [5.41, 5.74) is 13.8. The first kappa shape index (κ1) is 33.0. The average molecular weight is 761 g/mol. The zero-order valence-corrected chi connectivity index (χ0v) is 32.4. The molecule has 8 aromatic carbocycles. The Bertz CT molecular complexity index is 3500. The summed E-state index contributed by atoms with van der Waals surface area (Å²) in [6, 6.07) is 68.3. The van der Waals surface area contributed by atoms with Gasteiger partial charge in [0.05, 0.1) is 11.0 Å². The van der Waals surface area contributed by atoms with E-state index in [1.807, 2.05) is 23.5 Å². The number of hydrogen-bond donors (Lipinski definition) is 0. The van der Waals surface area contributed by atoms with Crippen LogP contribution in [-0.2, 0) is 0 Å². The Hall–Kier alpha value is -7.14. The second kappa shape index (κ2) is 13.2. The first-order chi connectivity index (χ1) is 28.7. The van der Waals surface area contributed by atoms with E-state index >= 15 is 0 Å². The van der Waals surface area contributed by atoms with Gasteiger partial charge in [0.2, 0.25) is 0 Å². The van der Waals surface area contributed by atoms with Crippen molar-refractivity contribution in [3.63, 3.8) is 0 Å². The lowest BCUT2D eigenvalue weighted by atomic mass is 10.00. The molecule has 58 heavy (non-hydrogen) atoms. The molecule has 0 bridgehead atoms. The summed E-state index contributed by atoms with van der Waals surface area (Å²) in [4.78, 5) is 2.50. The normalized spacial score (nSPS) is 12.8. The van der Waals surface area contributed by atoms with Crippen molar-refractivity contribution in [3.05, 3.63) is 198 Å². The van der Waals surface area contributed by atoms with Gasteiger partial charge in [-0.25, -0.2) is 0 Å². The number of rotatable bonds is 6. The molecule has 0 unspecified atom stereocenters. The van der Waals surface area contributed by atoms with Crippen molar-refractivity contribution in [3.8, 4) is 27.9 Å². The van der Waals surface area contributed by atoms with E-state index in [9.17, 15) is 0 Å². The number of furan rings is 1. The van der Waals surface area contributed by atoms with E-state index in [0.717, 1.165) is 46.2 Å². The van der Waals surface area contributed by atoms with Gasteiger partial charge in [0.1, 0.15) is 11.2 Å². The largest absolute Gasteiger partial charge is 0.456 e. The molecular formula is C54H36N2OS. The average Bonchev–Trinajstić information content (AvgIpc) is 3.97. The molecule has 0 spiro atoms. The summed E-state index contributed by atoms with van der Waals surface area (Å²) in [5, 5.41) is 7.50. The van der Waals surface area contributed by atoms with Crippen LogP contribution in [0.5, 0.6) is 0 Å². The number of anilines is 2. The van der Waals surface area contributed by atoms with Gasteiger partial charge in [0.15, 0.2) is 0 Å². The Kier molecular flexibility index (Phi) is 7.54. The maximum absolute atomic E-state index is 6.14. The Labute approximate surface area is 339 Å². The molecule has 4 heteroatoms. The summed E-state index contributed by atoms with van der Waals surface area (Å²) in [5.74, 6) is 0. The van der Waals surface area contributed by atoms with E-state index in [2.05, 4.69) is 191 Å². The van der Waals surface area contributed by atoms with Crippen LogP contribution in [0.25, 0.3) is 93.5 Å². The van der Waals surface area contributed by atoms with Crippen LogP contribution in [0.3, 0.4) is 0 Å². The zero-order valence-electron chi connectivity index (χ0n) is 31.6. The summed E-state index contributed by atoms with van der Waals surface area (Å²) < 4.78 is 11.2. The fourth-order valence-electron chi connectivity index (χ4n) is 9.17. The number of thiophene rings is 1. The van der Waals surface area contributed by atoms with Gasteiger partial charge >= 0.3 is 0 Å². The van der Waals surface area contributed by atoms with Crippen LogP contribution in [0.15, 0.2) is 192 Å². The Morgan fingerprint density at radius 1 is 0.466 bits per heavy atom. The molecule has 11 aromatic rings. The molecule has 0 amide bonds. The fourth-order valence-corrected chi connectivity index (χ4v) is 10.4. The van der Waals surface area contributed by atoms with Crippen molar-refractivity contribution in [2.75, 3.05) is 4.90 Å². The number of hydrogen-bond acceptors (Lipinski definition) is 3. The second-order valence-electron chi connectivity index (χ2n) is 15.2. The molecule has 0 saturated carbocycles. The van der Waals surface area contributed by atoms with Crippen LogP contribution in [0.2, 0.25) is 0 Å². The SMILES string of the molecule is C1=c2sc3ccccc3c2=C(N(c2ccc(-c3ccc4oc5ccccc5c4c3)cc2)c2ccc(-c3ccc4c5ccccc5n(-c5ccccc5)c4c3)cc2)CC1. The van der Waals surface area contributed by atoms with Crippen molar-refractivity contribution in [1.29, 1.82) is 0 Å². The van der Waals surface area contributed by atoms with E-state index in [1.54, 1.807) is 0 Å². The van der Waals surface area contributed by atoms with Crippen LogP contribution >= 0.6 is 11.3 Å². The minimum atomic E-state index is 0.916. The molecule has 0 N–H and O–H groups in total. The third-order valence-corrected chi connectivity index (χ3v) is 13.0. The van der Waals surface area contributed by atoms with Gasteiger partial charge in [-0.3, -0.25) is 0 Å². The van der Waals surface area contributed by atoms with E-state index in [1.165, 1.54) is 75.3 Å². The second-order valence-corrected chi connectivity index (χ2v) is 16.3. The molecule has 274 valence electrons. The summed E-state index contributed by atoms with van der Waals surface area (Å²) in [7, 11) is 0. The molecule has 0 radical (unpaired) electrons. The van der Waals surface area contributed by atoms with Crippen molar-refractivity contribution in [2.45, 2.75) is 12.8 Å². The summed E-state index contributed by atoms with van der Waals surface area (Å²) in [6.07, 6.45) is 4.40. The molecule has 0 fully saturated rings. The van der Waals surface area contributed by atoms with E-state index in [4.69, 9.17) is 4.42 Å². The third kappa shape index (κ3) is 5.26. The van der Waals surface area contributed by atoms with Gasteiger partial charge in [-0.2, -0.15) is 0 Å². The van der Waals surface area contributed by atoms with Crippen molar-refractivity contribution in [2.24, 2.45) is 0 Å². The highest BCUT2D eigenvalue weighted by Crippen LogP contribution is 2.39. The van der Waals surface area contributed by atoms with Gasteiger partial charge in [0.25, 0.3) is 0 Å². The number of benzene rings is 8. The lowest BCUT2D eigenvalue weighted by Gasteiger charge is -2.29. The standard InChI is InChI=1S/C54H36N2OS/c1-2-11-39(12-3-1)56-47-16-7-4-13-42(47)43-31-25-38(34-49(43)56)36-23-29-41(30-24-36)55(48-17-10-20-53-54(48)45-15-6-9-19-52(45)58-53)40-27-21-35(22-28-40)37-26-32-51-46(33-37)44-14-5-8-18-50(44)57-51/h1-9,11-16,18-34H,10,17H2. The van der Waals surface area contributed by atoms with Crippen LogP contribution in [0.4, 0.5) is 11.4 Å². The topological polar surface area (TPSA) is 21.3 Å². The number of para-hydroxylation sites is 3. The van der Waals surface area contributed by atoms with Crippen molar-refractivity contribution >= 4 is 88.3 Å². The molecule has 3 nitrogen and oxygen atoms in total. The van der Waals surface area contributed by atoms with Crippen LogP contribution < -0.4 is 14.7 Å². The quantitative estimate of drug-likeness (QED) is 0.168. The number of nitrogens with zero attached hydrogens (tertiary/aromatic N) is 2. The molecule has 0 aliphatic heterocycles. The molecule has 1 aliphatic carbocycles. The lowest BCUT2D eigenvalue weighted by Crippen LogP contribution is -2.32. The predicted molar refractivity (Wildman–Crippen MR) is 246 cm³/mol. The highest BCUT2D eigenvalue weighted by Gasteiger charge is 2.21.